The Morgan fingerprint density at radius 2 is 1.94 bits per heavy atom. The molecule has 1 amide bonds. The van der Waals surface area contributed by atoms with Crippen molar-refractivity contribution in [2.75, 3.05) is 31.1 Å². The summed E-state index contributed by atoms with van der Waals surface area (Å²) in [6, 6.07) is 18.8. The molecule has 1 aliphatic heterocycles. The van der Waals surface area contributed by atoms with E-state index in [2.05, 4.69) is 26.9 Å². The number of piperazine rings is 1. The molecule has 4 N–H and O–H groups in total. The second kappa shape index (κ2) is 10.1. The van der Waals surface area contributed by atoms with Crippen LogP contribution >= 0.6 is 11.6 Å². The summed E-state index contributed by atoms with van der Waals surface area (Å²) in [5.74, 6) is -0.513. The Labute approximate surface area is 204 Å². The number of hydrogen-bond acceptors (Lipinski definition) is 6. The van der Waals surface area contributed by atoms with Crippen LogP contribution in [0.3, 0.4) is 0 Å². The summed E-state index contributed by atoms with van der Waals surface area (Å²) in [5, 5.41) is 21.0. The van der Waals surface area contributed by atoms with Crippen LogP contribution in [0.1, 0.15) is 40.1 Å². The number of aliphatic hydroxyl groups excluding tert-OH is 1. The maximum atomic E-state index is 11.6. The molecule has 178 valence electrons. The summed E-state index contributed by atoms with van der Waals surface area (Å²) >= 11 is 6.58. The van der Waals surface area contributed by atoms with Gasteiger partial charge in [0.15, 0.2) is 0 Å². The van der Waals surface area contributed by atoms with E-state index >= 15 is 0 Å². The molecule has 0 aliphatic carbocycles. The number of anilines is 1. The Balaban J connectivity index is 1.59. The number of primary amides is 1. The zero-order valence-corrected chi connectivity index (χ0v) is 19.8. The van der Waals surface area contributed by atoms with E-state index in [-0.39, 0.29) is 12.6 Å². The highest BCUT2D eigenvalue weighted by atomic mass is 35.5. The van der Waals surface area contributed by atoms with Gasteiger partial charge in [-0.25, -0.2) is 0 Å². The van der Waals surface area contributed by atoms with Gasteiger partial charge in [0.2, 0.25) is 5.91 Å². The van der Waals surface area contributed by atoms with Gasteiger partial charge in [0, 0.05) is 37.9 Å². The molecule has 2 atom stereocenters. The van der Waals surface area contributed by atoms with Gasteiger partial charge in [-0.3, -0.25) is 14.7 Å². The highest BCUT2D eigenvalue weighted by Crippen LogP contribution is 2.36. The van der Waals surface area contributed by atoms with E-state index < -0.39 is 11.5 Å². The summed E-state index contributed by atoms with van der Waals surface area (Å²) in [6.45, 7) is 4.15. The minimum Gasteiger partial charge on any atom is -0.392 e. The number of nitrogens with two attached hydrogens (primary N) is 1. The molecule has 34 heavy (non-hydrogen) atoms. The number of rotatable bonds is 7. The molecule has 4 rings (SSSR count). The maximum absolute atomic E-state index is 11.6. The minimum absolute atomic E-state index is 0.00704. The zero-order chi connectivity index (χ0) is 24.3. The molecule has 7 nitrogen and oxygen atoms in total. The first kappa shape index (κ1) is 24.2. The van der Waals surface area contributed by atoms with E-state index in [9.17, 15) is 15.0 Å². The van der Waals surface area contributed by atoms with Crippen molar-refractivity contribution in [2.24, 2.45) is 5.73 Å². The first-order chi connectivity index (χ1) is 16.3. The van der Waals surface area contributed by atoms with Crippen LogP contribution in [0, 0.1) is 0 Å². The van der Waals surface area contributed by atoms with Crippen molar-refractivity contribution in [1.29, 1.82) is 0 Å². The number of amides is 1. The van der Waals surface area contributed by atoms with Crippen LogP contribution in [-0.2, 0) is 12.2 Å². The fourth-order valence-electron chi connectivity index (χ4n) is 4.48. The van der Waals surface area contributed by atoms with E-state index in [0.29, 0.717) is 48.0 Å². The molecular weight excluding hydrogens is 452 g/mol. The number of pyridine rings is 1. The van der Waals surface area contributed by atoms with E-state index in [4.69, 9.17) is 17.3 Å². The van der Waals surface area contributed by atoms with Crippen LogP contribution in [0.25, 0.3) is 0 Å². The van der Waals surface area contributed by atoms with Crippen molar-refractivity contribution >= 4 is 23.2 Å². The Hall–Kier alpha value is -2.97. The van der Waals surface area contributed by atoms with Crippen LogP contribution in [0.2, 0.25) is 5.02 Å². The van der Waals surface area contributed by atoms with Crippen molar-refractivity contribution < 1.29 is 15.0 Å². The van der Waals surface area contributed by atoms with Gasteiger partial charge in [-0.15, -0.1) is 0 Å². The number of hydrogen-bond donors (Lipinski definition) is 3. The summed E-state index contributed by atoms with van der Waals surface area (Å²) in [5.41, 5.74) is 7.87. The molecule has 0 radical (unpaired) electrons. The van der Waals surface area contributed by atoms with Crippen LogP contribution in [0.5, 0.6) is 0 Å². The topological polar surface area (TPSA) is 103 Å². The normalized spacial score (nSPS) is 18.5. The summed E-state index contributed by atoms with van der Waals surface area (Å²) < 4.78 is 0. The monoisotopic (exact) mass is 480 g/mol. The Kier molecular flexibility index (Phi) is 7.19. The van der Waals surface area contributed by atoms with Gasteiger partial charge in [-0.2, -0.15) is 0 Å². The molecule has 1 aromatic heterocycles. The zero-order valence-electron chi connectivity index (χ0n) is 19.1. The smallest absolute Gasteiger partial charge is 0.248 e. The van der Waals surface area contributed by atoms with Crippen molar-refractivity contribution in [2.45, 2.75) is 25.2 Å². The molecule has 0 unspecified atom stereocenters. The van der Waals surface area contributed by atoms with Crippen molar-refractivity contribution in [3.05, 3.63) is 94.3 Å². The summed E-state index contributed by atoms with van der Waals surface area (Å²) in [4.78, 5) is 20.4. The molecular formula is C26H29ClN4O3. The van der Waals surface area contributed by atoms with Gasteiger partial charge in [0.05, 0.1) is 29.1 Å². The lowest BCUT2D eigenvalue weighted by atomic mass is 9.97. The van der Waals surface area contributed by atoms with Gasteiger partial charge in [0.25, 0.3) is 0 Å². The third-order valence-electron chi connectivity index (χ3n) is 6.28. The molecule has 3 aromatic rings. The number of aromatic nitrogens is 1. The van der Waals surface area contributed by atoms with E-state index in [0.717, 1.165) is 11.3 Å². The molecule has 8 heteroatoms. The molecule has 1 fully saturated rings. The van der Waals surface area contributed by atoms with Gasteiger partial charge in [-0.1, -0.05) is 48.0 Å². The van der Waals surface area contributed by atoms with Crippen molar-refractivity contribution in [1.82, 2.24) is 9.88 Å². The molecule has 0 saturated carbocycles. The van der Waals surface area contributed by atoms with Gasteiger partial charge in [-0.05, 0) is 42.3 Å². The number of carbonyl (C=O) groups is 1. The lowest BCUT2D eigenvalue weighted by Gasteiger charge is -2.45. The lowest BCUT2D eigenvalue weighted by Crippen LogP contribution is -2.52. The van der Waals surface area contributed by atoms with Crippen LogP contribution in [-0.4, -0.2) is 52.2 Å². The third kappa shape index (κ3) is 5.23. The highest BCUT2D eigenvalue weighted by molar-refractivity contribution is 6.33. The average Bonchev–Trinajstić information content (AvgIpc) is 2.84. The Morgan fingerprint density at radius 1 is 1.18 bits per heavy atom. The number of aliphatic hydroxyl groups is 2. The van der Waals surface area contributed by atoms with Gasteiger partial charge in [0.1, 0.15) is 5.60 Å². The largest absolute Gasteiger partial charge is 0.392 e. The molecule has 0 bridgehead atoms. The maximum Gasteiger partial charge on any atom is 0.248 e. The fraction of sp³-hybridized carbons (Fsp3) is 0.308. The summed E-state index contributed by atoms with van der Waals surface area (Å²) in [7, 11) is 0. The van der Waals surface area contributed by atoms with Crippen molar-refractivity contribution in [3.8, 4) is 0 Å². The highest BCUT2D eigenvalue weighted by Gasteiger charge is 2.34. The number of β-amino-alcohol motifs (C(OH)–C–C–N with tert-alkyl or cyclic N) is 1. The fourth-order valence-corrected chi connectivity index (χ4v) is 4.77. The second-order valence-electron chi connectivity index (χ2n) is 8.87. The van der Waals surface area contributed by atoms with Crippen LogP contribution in [0.15, 0.2) is 66.9 Å². The third-order valence-corrected chi connectivity index (χ3v) is 6.58. The minimum atomic E-state index is -1.15. The molecule has 1 saturated heterocycles. The number of carbonyl (C=O) groups excluding carboxylic acids is 1. The van der Waals surface area contributed by atoms with Crippen LogP contribution < -0.4 is 10.6 Å². The first-order valence-corrected chi connectivity index (χ1v) is 11.6. The quantitative estimate of drug-likeness (QED) is 0.480. The number of benzene rings is 2. The molecule has 2 aromatic carbocycles. The Morgan fingerprint density at radius 3 is 2.56 bits per heavy atom. The van der Waals surface area contributed by atoms with Crippen LogP contribution in [0.4, 0.5) is 5.69 Å². The molecule has 1 aliphatic rings. The molecule has 0 spiro atoms. The standard InChI is InChI=1S/C26H29ClN4O3/c1-26(34,24-10-7-18(16-32)14-29-24)17-30-11-12-31(23(15-30)19-5-3-2-4-6-19)22-9-8-20(25(28)33)13-21(22)27/h2-10,13-14,23,32,34H,11-12,15-17H2,1H3,(H2,28,33)/t23-,26+/m0/s1. The Bertz CT molecular complexity index is 1140. The van der Waals surface area contributed by atoms with Crippen molar-refractivity contribution in [3.63, 3.8) is 0 Å². The predicted molar refractivity (Wildman–Crippen MR) is 133 cm³/mol. The number of halogens is 1. The SMILES string of the molecule is C[C@@](O)(CN1CCN(c2ccc(C(N)=O)cc2Cl)[C@H](c2ccccc2)C1)c1ccc(CO)cn1. The lowest BCUT2D eigenvalue weighted by molar-refractivity contribution is 0.00672. The van der Waals surface area contributed by atoms with Gasteiger partial charge >= 0.3 is 0 Å². The summed E-state index contributed by atoms with van der Waals surface area (Å²) in [6.07, 6.45) is 1.59. The average molecular weight is 481 g/mol. The predicted octanol–water partition coefficient (Wildman–Crippen LogP) is 3.10. The van der Waals surface area contributed by atoms with E-state index in [1.54, 1.807) is 37.4 Å². The number of nitrogens with zero attached hydrogens (tertiary/aromatic N) is 3. The first-order valence-electron chi connectivity index (χ1n) is 11.2. The van der Waals surface area contributed by atoms with E-state index in [1.807, 2.05) is 24.3 Å². The van der Waals surface area contributed by atoms with Gasteiger partial charge < -0.3 is 20.8 Å². The van der Waals surface area contributed by atoms with E-state index in [1.165, 1.54) is 0 Å². The molecule has 2 heterocycles. The second-order valence-corrected chi connectivity index (χ2v) is 9.28.